The minimum absolute atomic E-state index is 0.108. The first-order valence-corrected chi connectivity index (χ1v) is 7.57. The van der Waals surface area contributed by atoms with Crippen molar-refractivity contribution in [1.29, 1.82) is 0 Å². The van der Waals surface area contributed by atoms with Crippen LogP contribution in [0.4, 0.5) is 27.6 Å². The highest BCUT2D eigenvalue weighted by atomic mass is 19.4. The number of nitrogens with two attached hydrogens (primary N) is 1. The van der Waals surface area contributed by atoms with Crippen LogP contribution in [0.25, 0.3) is 0 Å². The van der Waals surface area contributed by atoms with Crippen LogP contribution in [0.15, 0.2) is 47.5 Å². The van der Waals surface area contributed by atoms with Crippen LogP contribution in [-0.2, 0) is 5.60 Å². The lowest BCUT2D eigenvalue weighted by Crippen LogP contribution is -2.30. The fourth-order valence-electron chi connectivity index (χ4n) is 2.21. The van der Waals surface area contributed by atoms with Crippen molar-refractivity contribution in [3.8, 4) is 5.75 Å². The maximum Gasteiger partial charge on any atom is 0.573 e. The minimum Gasteiger partial charge on any atom is -0.404 e. The van der Waals surface area contributed by atoms with Gasteiger partial charge in [0, 0.05) is 11.6 Å². The molecular weight excluding hydrogens is 373 g/mol. The normalized spacial score (nSPS) is 14.6. The highest BCUT2D eigenvalue weighted by molar-refractivity contribution is 5.93. The van der Waals surface area contributed by atoms with Gasteiger partial charge in [-0.25, -0.2) is 13.8 Å². The molecule has 0 heterocycles. The second-order valence-electron chi connectivity index (χ2n) is 5.77. The standard InChI is InChI=1S/C17H16F5N3O2/c1-16(26,11-7-6-10(18)8-12(11)19)9-24-15(23)25-13-4-2-3-5-14(13)27-17(20,21)22/h2-8,26H,9H2,1H3,(H3,23,24,25). The number of nitrogens with one attached hydrogen (secondary N) is 1. The molecule has 0 amide bonds. The van der Waals surface area contributed by atoms with E-state index in [1.807, 2.05) is 0 Å². The molecule has 0 aliphatic carbocycles. The molecule has 0 aromatic heterocycles. The summed E-state index contributed by atoms with van der Waals surface area (Å²) in [6.45, 7) is 0.803. The highest BCUT2D eigenvalue weighted by Gasteiger charge is 2.32. The third-order valence-electron chi connectivity index (χ3n) is 3.44. The lowest BCUT2D eigenvalue weighted by Gasteiger charge is -2.22. The predicted molar refractivity (Wildman–Crippen MR) is 89.2 cm³/mol. The van der Waals surface area contributed by atoms with Crippen LogP contribution < -0.4 is 15.8 Å². The fourth-order valence-corrected chi connectivity index (χ4v) is 2.21. The lowest BCUT2D eigenvalue weighted by atomic mass is 9.95. The Labute approximate surface area is 151 Å². The van der Waals surface area contributed by atoms with Crippen molar-refractivity contribution in [1.82, 2.24) is 0 Å². The van der Waals surface area contributed by atoms with Crippen LogP contribution in [0.5, 0.6) is 5.75 Å². The molecule has 2 aromatic carbocycles. The first-order valence-electron chi connectivity index (χ1n) is 7.57. The molecule has 0 aliphatic rings. The molecular formula is C17H16F5N3O2. The van der Waals surface area contributed by atoms with Crippen LogP contribution in [0.2, 0.25) is 0 Å². The zero-order valence-electron chi connectivity index (χ0n) is 14.0. The van der Waals surface area contributed by atoms with Crippen molar-refractivity contribution in [3.05, 3.63) is 59.7 Å². The summed E-state index contributed by atoms with van der Waals surface area (Å²) in [7, 11) is 0. The van der Waals surface area contributed by atoms with Gasteiger partial charge >= 0.3 is 6.36 Å². The Kier molecular flexibility index (Phi) is 5.89. The number of alkyl halides is 3. The van der Waals surface area contributed by atoms with Crippen LogP contribution in [0.3, 0.4) is 0 Å². The molecule has 0 saturated carbocycles. The maximum atomic E-state index is 13.8. The van der Waals surface area contributed by atoms with Gasteiger partial charge in [-0.05, 0) is 25.1 Å². The fraction of sp³-hybridized carbons (Fsp3) is 0.235. The summed E-state index contributed by atoms with van der Waals surface area (Å²) in [4.78, 5) is 3.80. The third kappa shape index (κ3) is 5.81. The van der Waals surface area contributed by atoms with E-state index in [0.717, 1.165) is 18.2 Å². The van der Waals surface area contributed by atoms with Gasteiger partial charge in [-0.3, -0.25) is 0 Å². The molecule has 146 valence electrons. The van der Waals surface area contributed by atoms with E-state index in [0.29, 0.717) is 6.07 Å². The average Bonchev–Trinajstić information content (AvgIpc) is 2.53. The molecule has 0 radical (unpaired) electrons. The summed E-state index contributed by atoms with van der Waals surface area (Å²) in [5.41, 5.74) is 3.48. The van der Waals surface area contributed by atoms with E-state index in [4.69, 9.17) is 5.73 Å². The second-order valence-corrected chi connectivity index (χ2v) is 5.77. The topological polar surface area (TPSA) is 79.9 Å². The van der Waals surface area contributed by atoms with Crippen LogP contribution >= 0.6 is 0 Å². The van der Waals surface area contributed by atoms with Gasteiger partial charge in [0.1, 0.15) is 17.2 Å². The van der Waals surface area contributed by atoms with E-state index in [2.05, 4.69) is 15.0 Å². The Morgan fingerprint density at radius 1 is 1.19 bits per heavy atom. The predicted octanol–water partition coefficient (Wildman–Crippen LogP) is 3.50. The van der Waals surface area contributed by atoms with E-state index in [1.54, 1.807) is 0 Å². The van der Waals surface area contributed by atoms with Crippen LogP contribution in [0.1, 0.15) is 12.5 Å². The summed E-state index contributed by atoms with van der Waals surface area (Å²) in [5, 5.41) is 12.8. The molecule has 2 rings (SSSR count). The van der Waals surface area contributed by atoms with Crippen molar-refractivity contribution in [3.63, 3.8) is 0 Å². The third-order valence-corrected chi connectivity index (χ3v) is 3.44. The van der Waals surface area contributed by atoms with Crippen molar-refractivity contribution in [2.45, 2.75) is 18.9 Å². The minimum atomic E-state index is -4.90. The van der Waals surface area contributed by atoms with Gasteiger partial charge in [-0.2, -0.15) is 0 Å². The summed E-state index contributed by atoms with van der Waals surface area (Å²) in [6.07, 6.45) is -4.90. The van der Waals surface area contributed by atoms with Gasteiger partial charge in [0.15, 0.2) is 11.7 Å². The van der Waals surface area contributed by atoms with E-state index in [9.17, 15) is 27.1 Å². The first kappa shape index (κ1) is 20.4. The molecule has 2 aromatic rings. The average molecular weight is 389 g/mol. The summed E-state index contributed by atoms with van der Waals surface area (Å²) < 4.78 is 67.9. The number of rotatable bonds is 5. The monoisotopic (exact) mass is 389 g/mol. The summed E-state index contributed by atoms with van der Waals surface area (Å²) in [6, 6.07) is 7.79. The number of hydrogen-bond acceptors (Lipinski definition) is 3. The number of nitrogens with zero attached hydrogens (tertiary/aromatic N) is 1. The summed E-state index contributed by atoms with van der Waals surface area (Å²) in [5.74, 6) is -2.64. The van der Waals surface area contributed by atoms with Crippen molar-refractivity contribution in [2.75, 3.05) is 11.9 Å². The Morgan fingerprint density at radius 3 is 2.48 bits per heavy atom. The molecule has 4 N–H and O–H groups in total. The molecule has 0 aliphatic heterocycles. The maximum absolute atomic E-state index is 13.8. The zero-order chi connectivity index (χ0) is 20.2. The number of para-hydroxylation sites is 2. The number of guanidine groups is 1. The largest absolute Gasteiger partial charge is 0.573 e. The molecule has 10 heteroatoms. The molecule has 0 fully saturated rings. The van der Waals surface area contributed by atoms with E-state index >= 15 is 0 Å². The number of anilines is 1. The van der Waals surface area contributed by atoms with Gasteiger partial charge in [-0.1, -0.05) is 18.2 Å². The number of ether oxygens (including phenoxy) is 1. The molecule has 1 atom stereocenters. The smallest absolute Gasteiger partial charge is 0.404 e. The van der Waals surface area contributed by atoms with Crippen molar-refractivity contribution in [2.24, 2.45) is 10.7 Å². The van der Waals surface area contributed by atoms with E-state index in [1.165, 1.54) is 25.1 Å². The number of benzene rings is 2. The summed E-state index contributed by atoms with van der Waals surface area (Å²) >= 11 is 0. The van der Waals surface area contributed by atoms with Gasteiger partial charge in [0.05, 0.1) is 12.2 Å². The molecule has 1 unspecified atom stereocenters. The van der Waals surface area contributed by atoms with Gasteiger partial charge in [0.25, 0.3) is 0 Å². The molecule has 0 bridgehead atoms. The molecule has 0 saturated heterocycles. The van der Waals surface area contributed by atoms with Gasteiger partial charge in [0.2, 0.25) is 0 Å². The number of aliphatic hydroxyl groups is 1. The SMILES string of the molecule is CC(O)(CN=C(N)Nc1ccccc1OC(F)(F)F)c1ccc(F)cc1F. The van der Waals surface area contributed by atoms with Gasteiger partial charge < -0.3 is 20.9 Å². The second kappa shape index (κ2) is 7.78. The number of hydrogen-bond donors (Lipinski definition) is 3. The Balaban J connectivity index is 2.14. The van der Waals surface area contributed by atoms with E-state index < -0.39 is 35.9 Å². The quantitative estimate of drug-likeness (QED) is 0.416. The Bertz CT molecular complexity index is 838. The van der Waals surface area contributed by atoms with Crippen molar-refractivity contribution >= 4 is 11.6 Å². The van der Waals surface area contributed by atoms with Gasteiger partial charge in [-0.15, -0.1) is 13.2 Å². The number of aliphatic imine (C=N–C) groups is 1. The first-order chi connectivity index (χ1) is 12.5. The van der Waals surface area contributed by atoms with E-state index in [-0.39, 0.29) is 17.2 Å². The molecule has 27 heavy (non-hydrogen) atoms. The van der Waals surface area contributed by atoms with Crippen molar-refractivity contribution < 1.29 is 31.8 Å². The lowest BCUT2D eigenvalue weighted by molar-refractivity contribution is -0.274. The Hall–Kier alpha value is -2.88. The Morgan fingerprint density at radius 2 is 1.85 bits per heavy atom. The van der Waals surface area contributed by atoms with Crippen LogP contribution in [0, 0.1) is 11.6 Å². The van der Waals surface area contributed by atoms with Crippen LogP contribution in [-0.4, -0.2) is 24.0 Å². The molecule has 0 spiro atoms. The highest BCUT2D eigenvalue weighted by Crippen LogP contribution is 2.30. The zero-order valence-corrected chi connectivity index (χ0v) is 14.0. The number of halogens is 5. The molecule has 5 nitrogen and oxygen atoms in total.